The van der Waals surface area contributed by atoms with Crippen molar-refractivity contribution in [2.45, 2.75) is 19.1 Å². The Hall–Kier alpha value is -1.76. The minimum atomic E-state index is -4.37. The molecule has 1 heterocycles. The molecule has 0 aliphatic carbocycles. The monoisotopic (exact) mass is 315 g/mol. The van der Waals surface area contributed by atoms with E-state index in [9.17, 15) is 18.0 Å². The van der Waals surface area contributed by atoms with E-state index in [1.54, 1.807) is 6.92 Å². The average Bonchev–Trinajstić information content (AvgIpc) is 2.52. The Balaban J connectivity index is 1.82. The maximum atomic E-state index is 12.1. The number of benzene rings is 1. The second kappa shape index (κ2) is 7.00. The number of hydrogen-bond donors (Lipinski definition) is 1. The molecule has 1 aliphatic heterocycles. The van der Waals surface area contributed by atoms with Crippen LogP contribution in [0.25, 0.3) is 0 Å². The predicted molar refractivity (Wildman–Crippen MR) is 78.8 cm³/mol. The first-order valence-corrected chi connectivity index (χ1v) is 7.25. The lowest BCUT2D eigenvalue weighted by Gasteiger charge is -2.38. The number of nitrogens with one attached hydrogen (secondary N) is 1. The van der Waals surface area contributed by atoms with Crippen molar-refractivity contribution in [3.8, 4) is 0 Å². The molecule has 1 aliphatic rings. The fraction of sp³-hybridized carbons (Fsp3) is 0.533. The van der Waals surface area contributed by atoms with Gasteiger partial charge in [-0.15, -0.1) is 0 Å². The van der Waals surface area contributed by atoms with Crippen molar-refractivity contribution >= 4 is 11.6 Å². The van der Waals surface area contributed by atoms with Crippen molar-refractivity contribution in [3.05, 3.63) is 30.3 Å². The van der Waals surface area contributed by atoms with Crippen LogP contribution in [-0.4, -0.2) is 55.7 Å². The minimum absolute atomic E-state index is 0.555. The van der Waals surface area contributed by atoms with Gasteiger partial charge in [0.25, 0.3) is 0 Å². The second-order valence-corrected chi connectivity index (χ2v) is 5.37. The third-order valence-corrected chi connectivity index (χ3v) is 3.83. The third-order valence-electron chi connectivity index (χ3n) is 3.83. The van der Waals surface area contributed by atoms with Gasteiger partial charge in [-0.25, -0.2) is 0 Å². The molecule has 1 saturated heterocycles. The quantitative estimate of drug-likeness (QED) is 0.921. The van der Waals surface area contributed by atoms with E-state index < -0.39 is 24.7 Å². The Bertz CT molecular complexity index is 485. The largest absolute Gasteiger partial charge is 0.405 e. The Labute approximate surface area is 127 Å². The summed E-state index contributed by atoms with van der Waals surface area (Å²) in [5, 5.41) is 1.94. The van der Waals surface area contributed by atoms with E-state index in [1.165, 1.54) is 0 Å². The number of anilines is 1. The first-order chi connectivity index (χ1) is 10.4. The van der Waals surface area contributed by atoms with Crippen LogP contribution in [0.2, 0.25) is 0 Å². The van der Waals surface area contributed by atoms with Gasteiger partial charge in [0, 0.05) is 31.9 Å². The highest BCUT2D eigenvalue weighted by atomic mass is 19.4. The van der Waals surface area contributed by atoms with Gasteiger partial charge in [0.2, 0.25) is 5.91 Å². The van der Waals surface area contributed by atoms with E-state index in [1.807, 2.05) is 40.5 Å². The number of piperazine rings is 1. The van der Waals surface area contributed by atoms with E-state index in [2.05, 4.69) is 4.90 Å². The van der Waals surface area contributed by atoms with Gasteiger partial charge in [0.05, 0.1) is 6.04 Å². The smallest absolute Gasteiger partial charge is 0.369 e. The summed E-state index contributed by atoms with van der Waals surface area (Å²) in [5.41, 5.74) is 1.12. The molecule has 1 amide bonds. The molecule has 4 nitrogen and oxygen atoms in total. The van der Waals surface area contributed by atoms with Gasteiger partial charge < -0.3 is 10.2 Å². The van der Waals surface area contributed by atoms with Crippen LogP contribution < -0.4 is 10.2 Å². The lowest BCUT2D eigenvalue weighted by atomic mass is 10.2. The molecule has 0 spiro atoms. The van der Waals surface area contributed by atoms with Crippen LogP contribution in [0.5, 0.6) is 0 Å². The fourth-order valence-corrected chi connectivity index (χ4v) is 2.51. The van der Waals surface area contributed by atoms with Gasteiger partial charge in [0.1, 0.15) is 6.54 Å². The van der Waals surface area contributed by atoms with Crippen LogP contribution in [-0.2, 0) is 4.79 Å². The van der Waals surface area contributed by atoms with E-state index in [0.29, 0.717) is 13.1 Å². The number of rotatable bonds is 4. The summed E-state index contributed by atoms with van der Waals surface area (Å²) in [6.45, 7) is 3.16. The van der Waals surface area contributed by atoms with E-state index in [-0.39, 0.29) is 0 Å². The Kier molecular flexibility index (Phi) is 5.28. The number of para-hydroxylation sites is 1. The summed E-state index contributed by atoms with van der Waals surface area (Å²) >= 11 is 0. The molecule has 0 radical (unpaired) electrons. The maximum absolute atomic E-state index is 12.1. The van der Waals surface area contributed by atoms with Gasteiger partial charge in [-0.2, -0.15) is 13.2 Å². The number of alkyl halides is 3. The van der Waals surface area contributed by atoms with Crippen molar-refractivity contribution in [3.63, 3.8) is 0 Å². The third kappa shape index (κ3) is 4.62. The molecule has 0 bridgehead atoms. The zero-order chi connectivity index (χ0) is 16.2. The topological polar surface area (TPSA) is 35.6 Å². The van der Waals surface area contributed by atoms with E-state index >= 15 is 0 Å². The summed E-state index contributed by atoms with van der Waals surface area (Å²) in [7, 11) is 0. The lowest BCUT2D eigenvalue weighted by Crippen LogP contribution is -2.54. The molecule has 2 rings (SSSR count). The average molecular weight is 315 g/mol. The van der Waals surface area contributed by atoms with Crippen LogP contribution in [0.3, 0.4) is 0 Å². The van der Waals surface area contributed by atoms with Gasteiger partial charge in [-0.3, -0.25) is 9.69 Å². The van der Waals surface area contributed by atoms with Crippen molar-refractivity contribution in [1.82, 2.24) is 10.2 Å². The summed E-state index contributed by atoms with van der Waals surface area (Å²) in [5.74, 6) is -0.578. The van der Waals surface area contributed by atoms with Crippen LogP contribution in [0.15, 0.2) is 30.3 Å². The molecule has 0 unspecified atom stereocenters. The van der Waals surface area contributed by atoms with Gasteiger partial charge in [0.15, 0.2) is 0 Å². The number of hydrogen-bond acceptors (Lipinski definition) is 3. The molecule has 1 aromatic rings. The van der Waals surface area contributed by atoms with Gasteiger partial charge in [-0.1, -0.05) is 18.2 Å². The molecular weight excluding hydrogens is 295 g/mol. The Morgan fingerprint density at radius 3 is 2.32 bits per heavy atom. The molecule has 1 N–H and O–H groups in total. The SMILES string of the molecule is C[C@@H](C(=O)NCC(F)(F)F)N1CCN(c2ccccc2)CC1. The standard InChI is InChI=1S/C15H20F3N3O/c1-12(14(22)19-11-15(16,17)18)20-7-9-21(10-8-20)13-5-3-2-4-6-13/h2-6,12H,7-11H2,1H3,(H,19,22)/t12-/m0/s1. The maximum Gasteiger partial charge on any atom is 0.405 e. The molecule has 7 heteroatoms. The predicted octanol–water partition coefficient (Wildman–Crippen LogP) is 1.88. The first-order valence-electron chi connectivity index (χ1n) is 7.25. The molecule has 122 valence electrons. The molecular formula is C15H20F3N3O. The first kappa shape index (κ1) is 16.6. The van der Waals surface area contributed by atoms with Gasteiger partial charge in [-0.05, 0) is 19.1 Å². The van der Waals surface area contributed by atoms with E-state index in [0.717, 1.165) is 18.8 Å². The fourth-order valence-electron chi connectivity index (χ4n) is 2.51. The van der Waals surface area contributed by atoms with E-state index in [4.69, 9.17) is 0 Å². The zero-order valence-corrected chi connectivity index (χ0v) is 12.4. The normalized spacial score (nSPS) is 18.1. The molecule has 0 aromatic heterocycles. The van der Waals surface area contributed by atoms with Crippen molar-refractivity contribution < 1.29 is 18.0 Å². The summed E-state index contributed by atoms with van der Waals surface area (Å²) in [6, 6.07) is 9.38. The number of amides is 1. The summed E-state index contributed by atoms with van der Waals surface area (Å²) < 4.78 is 36.4. The highest BCUT2D eigenvalue weighted by Crippen LogP contribution is 2.17. The summed E-state index contributed by atoms with van der Waals surface area (Å²) in [4.78, 5) is 15.9. The number of carbonyl (C=O) groups excluding carboxylic acids is 1. The molecule has 22 heavy (non-hydrogen) atoms. The minimum Gasteiger partial charge on any atom is -0.369 e. The summed E-state index contributed by atoms with van der Waals surface area (Å²) in [6.07, 6.45) is -4.37. The van der Waals surface area contributed by atoms with Crippen molar-refractivity contribution in [2.75, 3.05) is 37.6 Å². The Morgan fingerprint density at radius 2 is 1.77 bits per heavy atom. The van der Waals surface area contributed by atoms with Crippen molar-refractivity contribution in [1.29, 1.82) is 0 Å². The lowest BCUT2D eigenvalue weighted by molar-refractivity contribution is -0.141. The zero-order valence-electron chi connectivity index (χ0n) is 12.4. The molecule has 1 fully saturated rings. The van der Waals surface area contributed by atoms with Crippen molar-refractivity contribution in [2.24, 2.45) is 0 Å². The number of nitrogens with zero attached hydrogens (tertiary/aromatic N) is 2. The van der Waals surface area contributed by atoms with Crippen LogP contribution in [0.4, 0.5) is 18.9 Å². The molecule has 1 atom stereocenters. The number of halogens is 3. The van der Waals surface area contributed by atoms with Gasteiger partial charge >= 0.3 is 6.18 Å². The van der Waals surface area contributed by atoms with Crippen LogP contribution in [0.1, 0.15) is 6.92 Å². The Morgan fingerprint density at radius 1 is 1.18 bits per heavy atom. The highest BCUT2D eigenvalue weighted by molar-refractivity contribution is 5.81. The number of carbonyl (C=O) groups is 1. The van der Waals surface area contributed by atoms with Crippen LogP contribution in [0, 0.1) is 0 Å². The molecule has 1 aromatic carbocycles. The molecule has 0 saturated carbocycles. The highest BCUT2D eigenvalue weighted by Gasteiger charge is 2.31. The second-order valence-electron chi connectivity index (χ2n) is 5.37. The van der Waals surface area contributed by atoms with Crippen LogP contribution >= 0.6 is 0 Å².